The number of benzene rings is 1. The molecular formula is C13H18N2O. The van der Waals surface area contributed by atoms with Crippen LogP contribution in [-0.4, -0.2) is 6.04 Å². The van der Waals surface area contributed by atoms with Gasteiger partial charge in [0.05, 0.1) is 6.54 Å². The molecule has 1 aromatic carbocycles. The second-order valence-electron chi connectivity index (χ2n) is 4.32. The van der Waals surface area contributed by atoms with E-state index < -0.39 is 0 Å². The predicted molar refractivity (Wildman–Crippen MR) is 66.1 cm³/mol. The molecule has 0 fully saturated rings. The number of hydrogen-bond acceptors (Lipinski definition) is 3. The summed E-state index contributed by atoms with van der Waals surface area (Å²) in [6.45, 7) is 5.58. The van der Waals surface area contributed by atoms with Crippen LogP contribution in [0.5, 0.6) is 0 Å². The maximum Gasteiger partial charge on any atom is 0.134 e. The van der Waals surface area contributed by atoms with E-state index in [4.69, 9.17) is 10.2 Å². The van der Waals surface area contributed by atoms with E-state index in [1.165, 1.54) is 0 Å². The largest absolute Gasteiger partial charge is 0.460 e. The minimum Gasteiger partial charge on any atom is -0.460 e. The molecule has 0 spiro atoms. The van der Waals surface area contributed by atoms with Crippen LogP contribution in [0.15, 0.2) is 28.7 Å². The molecule has 0 saturated carbocycles. The number of rotatable bonds is 4. The molecule has 3 nitrogen and oxygen atoms in total. The zero-order valence-electron chi connectivity index (χ0n) is 9.79. The Bertz CT molecular complexity index is 474. The third-order valence-corrected chi connectivity index (χ3v) is 2.55. The molecule has 3 heteroatoms. The van der Waals surface area contributed by atoms with Gasteiger partial charge in [0.15, 0.2) is 0 Å². The Hall–Kier alpha value is -1.32. The molecule has 2 aromatic rings. The Morgan fingerprint density at radius 1 is 1.31 bits per heavy atom. The molecule has 0 aliphatic heterocycles. The average Bonchev–Trinajstić information content (AvgIpc) is 2.67. The topological polar surface area (TPSA) is 51.2 Å². The van der Waals surface area contributed by atoms with Crippen LogP contribution in [-0.2, 0) is 13.1 Å². The fourth-order valence-electron chi connectivity index (χ4n) is 1.67. The van der Waals surface area contributed by atoms with Gasteiger partial charge in [-0.1, -0.05) is 19.9 Å². The smallest absolute Gasteiger partial charge is 0.134 e. The van der Waals surface area contributed by atoms with Crippen molar-refractivity contribution in [1.82, 2.24) is 5.32 Å². The predicted octanol–water partition coefficient (Wildman–Crippen LogP) is 2.39. The molecule has 1 heterocycles. The summed E-state index contributed by atoms with van der Waals surface area (Å²) in [5.74, 6) is 0.970. The highest BCUT2D eigenvalue weighted by Gasteiger charge is 2.04. The molecule has 0 unspecified atom stereocenters. The maximum atomic E-state index is 5.71. The summed E-state index contributed by atoms with van der Waals surface area (Å²) in [4.78, 5) is 0. The summed E-state index contributed by atoms with van der Waals surface area (Å²) >= 11 is 0. The zero-order valence-corrected chi connectivity index (χ0v) is 9.79. The molecule has 2 rings (SSSR count). The lowest BCUT2D eigenvalue weighted by Gasteiger charge is -2.04. The van der Waals surface area contributed by atoms with Crippen LogP contribution in [0.1, 0.15) is 25.2 Å². The molecule has 0 amide bonds. The van der Waals surface area contributed by atoms with E-state index in [-0.39, 0.29) is 0 Å². The molecule has 16 heavy (non-hydrogen) atoms. The standard InChI is InChI=1S/C13H18N2O/c1-9(2)15-8-12-6-11-5-10(7-14)3-4-13(11)16-12/h3-6,9,15H,7-8,14H2,1-2H3. The molecular weight excluding hydrogens is 200 g/mol. The Morgan fingerprint density at radius 3 is 2.81 bits per heavy atom. The molecule has 0 saturated heterocycles. The van der Waals surface area contributed by atoms with Crippen molar-refractivity contribution >= 4 is 11.0 Å². The fourth-order valence-corrected chi connectivity index (χ4v) is 1.67. The molecule has 0 bridgehead atoms. The molecule has 1 aromatic heterocycles. The SMILES string of the molecule is CC(C)NCc1cc2cc(CN)ccc2o1. The van der Waals surface area contributed by atoms with Gasteiger partial charge in [-0.15, -0.1) is 0 Å². The first kappa shape index (κ1) is 11.2. The van der Waals surface area contributed by atoms with Crippen molar-refractivity contribution in [1.29, 1.82) is 0 Å². The molecule has 0 radical (unpaired) electrons. The van der Waals surface area contributed by atoms with Crippen LogP contribution in [0.25, 0.3) is 11.0 Å². The monoisotopic (exact) mass is 218 g/mol. The summed E-state index contributed by atoms with van der Waals surface area (Å²) in [5, 5.41) is 4.46. The van der Waals surface area contributed by atoms with E-state index in [2.05, 4.69) is 31.3 Å². The summed E-state index contributed by atoms with van der Waals surface area (Å²) < 4.78 is 5.71. The van der Waals surface area contributed by atoms with Crippen LogP contribution in [0.4, 0.5) is 0 Å². The highest BCUT2D eigenvalue weighted by molar-refractivity contribution is 5.78. The van der Waals surface area contributed by atoms with Gasteiger partial charge in [-0.25, -0.2) is 0 Å². The third kappa shape index (κ3) is 2.43. The van der Waals surface area contributed by atoms with E-state index in [1.807, 2.05) is 12.1 Å². The van der Waals surface area contributed by atoms with Gasteiger partial charge >= 0.3 is 0 Å². The highest BCUT2D eigenvalue weighted by Crippen LogP contribution is 2.20. The first-order chi connectivity index (χ1) is 7.69. The van der Waals surface area contributed by atoms with Gasteiger partial charge in [-0.05, 0) is 23.8 Å². The molecule has 3 N–H and O–H groups in total. The number of nitrogens with one attached hydrogen (secondary N) is 1. The van der Waals surface area contributed by atoms with Crippen LogP contribution in [0.2, 0.25) is 0 Å². The fraction of sp³-hybridized carbons (Fsp3) is 0.385. The van der Waals surface area contributed by atoms with E-state index in [0.29, 0.717) is 12.6 Å². The van der Waals surface area contributed by atoms with Crippen molar-refractivity contribution in [2.45, 2.75) is 33.0 Å². The Kier molecular flexibility index (Phi) is 3.27. The zero-order chi connectivity index (χ0) is 11.5. The minimum absolute atomic E-state index is 0.466. The molecule has 0 aliphatic rings. The summed E-state index contributed by atoms with van der Waals surface area (Å²) in [6.07, 6.45) is 0. The van der Waals surface area contributed by atoms with Gasteiger partial charge < -0.3 is 15.5 Å². The van der Waals surface area contributed by atoms with Crippen molar-refractivity contribution in [2.75, 3.05) is 0 Å². The summed E-state index contributed by atoms with van der Waals surface area (Å²) in [7, 11) is 0. The van der Waals surface area contributed by atoms with Crippen molar-refractivity contribution in [2.24, 2.45) is 5.73 Å². The Morgan fingerprint density at radius 2 is 2.12 bits per heavy atom. The van der Waals surface area contributed by atoms with Crippen LogP contribution < -0.4 is 11.1 Å². The average molecular weight is 218 g/mol. The first-order valence-electron chi connectivity index (χ1n) is 5.64. The number of nitrogens with two attached hydrogens (primary N) is 1. The Labute approximate surface area is 95.6 Å². The lowest BCUT2D eigenvalue weighted by Crippen LogP contribution is -2.21. The second kappa shape index (κ2) is 4.68. The quantitative estimate of drug-likeness (QED) is 0.828. The Balaban J connectivity index is 2.22. The van der Waals surface area contributed by atoms with Crippen LogP contribution in [0, 0.1) is 0 Å². The van der Waals surface area contributed by atoms with E-state index in [1.54, 1.807) is 0 Å². The molecule has 0 atom stereocenters. The maximum absolute atomic E-state index is 5.71. The van der Waals surface area contributed by atoms with E-state index in [9.17, 15) is 0 Å². The van der Waals surface area contributed by atoms with Crippen molar-refractivity contribution in [3.8, 4) is 0 Å². The normalized spacial score (nSPS) is 11.5. The summed E-state index contributed by atoms with van der Waals surface area (Å²) in [6, 6.07) is 8.61. The molecule has 0 aliphatic carbocycles. The third-order valence-electron chi connectivity index (χ3n) is 2.55. The van der Waals surface area contributed by atoms with Crippen molar-refractivity contribution < 1.29 is 4.42 Å². The van der Waals surface area contributed by atoms with E-state index in [0.717, 1.165) is 28.8 Å². The van der Waals surface area contributed by atoms with Gasteiger partial charge in [0.25, 0.3) is 0 Å². The minimum atomic E-state index is 0.466. The number of hydrogen-bond donors (Lipinski definition) is 2. The summed E-state index contributed by atoms with van der Waals surface area (Å²) in [5.41, 5.74) is 7.67. The van der Waals surface area contributed by atoms with Crippen molar-refractivity contribution in [3.63, 3.8) is 0 Å². The lowest BCUT2D eigenvalue weighted by molar-refractivity contribution is 0.488. The van der Waals surface area contributed by atoms with Crippen LogP contribution >= 0.6 is 0 Å². The van der Waals surface area contributed by atoms with Crippen molar-refractivity contribution in [3.05, 3.63) is 35.6 Å². The molecule has 86 valence electrons. The highest BCUT2D eigenvalue weighted by atomic mass is 16.3. The lowest BCUT2D eigenvalue weighted by atomic mass is 10.1. The van der Waals surface area contributed by atoms with E-state index >= 15 is 0 Å². The van der Waals surface area contributed by atoms with Gasteiger partial charge in [-0.3, -0.25) is 0 Å². The second-order valence-corrected chi connectivity index (χ2v) is 4.32. The van der Waals surface area contributed by atoms with Gasteiger partial charge in [0.1, 0.15) is 11.3 Å². The van der Waals surface area contributed by atoms with Crippen LogP contribution in [0.3, 0.4) is 0 Å². The van der Waals surface area contributed by atoms with Gasteiger partial charge in [0.2, 0.25) is 0 Å². The number of furan rings is 1. The first-order valence-corrected chi connectivity index (χ1v) is 5.64. The number of fused-ring (bicyclic) bond motifs is 1. The van der Waals surface area contributed by atoms with Gasteiger partial charge in [-0.2, -0.15) is 0 Å². The van der Waals surface area contributed by atoms with Gasteiger partial charge in [0, 0.05) is 18.0 Å².